The van der Waals surface area contributed by atoms with E-state index in [0.717, 1.165) is 0 Å². The number of benzene rings is 1. The monoisotopic (exact) mass is 562 g/mol. The van der Waals surface area contributed by atoms with Gasteiger partial charge in [-0.2, -0.15) is 8.78 Å². The molecular formula is C18H19F4IN2O6. The second-order valence-corrected chi connectivity index (χ2v) is 7.40. The number of nitrogens with one attached hydrogen (secondary N) is 2. The lowest BCUT2D eigenvalue weighted by atomic mass is 10.0. The third-order valence-corrected chi connectivity index (χ3v) is 4.59. The Balaban J connectivity index is 2.99. The van der Waals surface area contributed by atoms with Crippen LogP contribution in [-0.4, -0.2) is 51.8 Å². The second kappa shape index (κ2) is 11.8. The first-order valence-corrected chi connectivity index (χ1v) is 10.3. The highest BCUT2D eigenvalue weighted by atomic mass is 127. The number of amides is 2. The summed E-state index contributed by atoms with van der Waals surface area (Å²) in [5.41, 5.74) is 0. The molecule has 3 N–H and O–H groups in total. The average Bonchev–Trinajstić information content (AvgIpc) is 2.68. The molecule has 0 heterocycles. The van der Waals surface area contributed by atoms with E-state index in [0.29, 0.717) is 0 Å². The fraction of sp³-hybridized carbons (Fsp3) is 0.444. The zero-order valence-electron chi connectivity index (χ0n) is 16.3. The molecule has 0 spiro atoms. The number of carbonyl (C=O) groups is 4. The lowest BCUT2D eigenvalue weighted by Gasteiger charge is -2.24. The molecule has 31 heavy (non-hydrogen) atoms. The summed E-state index contributed by atoms with van der Waals surface area (Å²) in [5.74, 6) is -13.2. The van der Waals surface area contributed by atoms with Crippen molar-refractivity contribution in [3.8, 4) is 5.75 Å². The van der Waals surface area contributed by atoms with Crippen molar-refractivity contribution >= 4 is 46.2 Å². The molecule has 1 rings (SSSR count). The van der Waals surface area contributed by atoms with Gasteiger partial charge in [-0.05, 0) is 5.92 Å². The molecule has 0 fully saturated rings. The van der Waals surface area contributed by atoms with Gasteiger partial charge in [0.15, 0.2) is 23.2 Å². The number of hydrogen-bond acceptors (Lipinski definition) is 5. The summed E-state index contributed by atoms with van der Waals surface area (Å²) < 4.78 is 58.3. The fourth-order valence-electron chi connectivity index (χ4n) is 2.35. The molecule has 1 aromatic carbocycles. The topological polar surface area (TPSA) is 122 Å². The van der Waals surface area contributed by atoms with Crippen molar-refractivity contribution in [3.63, 3.8) is 0 Å². The number of halogens is 5. The van der Waals surface area contributed by atoms with Crippen molar-refractivity contribution in [3.05, 3.63) is 29.3 Å². The summed E-state index contributed by atoms with van der Waals surface area (Å²) in [6.45, 7) is 2.00. The third kappa shape index (κ3) is 7.63. The van der Waals surface area contributed by atoms with Gasteiger partial charge in [0.1, 0.15) is 18.7 Å². The molecule has 2 amide bonds. The Kier molecular flexibility index (Phi) is 10.1. The summed E-state index contributed by atoms with van der Waals surface area (Å²) in [6, 6.07) is -2.85. The summed E-state index contributed by atoms with van der Waals surface area (Å²) >= 11 is 1.77. The lowest BCUT2D eigenvalue weighted by molar-refractivity contribution is -0.141. The van der Waals surface area contributed by atoms with Crippen LogP contribution in [0.25, 0.3) is 0 Å². The number of aliphatic carboxylic acids is 1. The molecular weight excluding hydrogens is 543 g/mol. The van der Waals surface area contributed by atoms with Gasteiger partial charge in [-0.1, -0.05) is 36.4 Å². The highest BCUT2D eigenvalue weighted by Gasteiger charge is 2.31. The van der Waals surface area contributed by atoms with Gasteiger partial charge in [0.25, 0.3) is 0 Å². The van der Waals surface area contributed by atoms with Crippen LogP contribution >= 0.6 is 22.6 Å². The van der Waals surface area contributed by atoms with Crippen LogP contribution in [0.3, 0.4) is 0 Å². The maximum atomic E-state index is 13.6. The first-order chi connectivity index (χ1) is 14.4. The molecule has 0 saturated heterocycles. The maximum absolute atomic E-state index is 13.6. The van der Waals surface area contributed by atoms with Crippen molar-refractivity contribution < 1.29 is 46.6 Å². The van der Waals surface area contributed by atoms with Crippen LogP contribution in [0.15, 0.2) is 6.07 Å². The van der Waals surface area contributed by atoms with E-state index >= 15 is 0 Å². The highest BCUT2D eigenvalue weighted by molar-refractivity contribution is 14.1. The van der Waals surface area contributed by atoms with Crippen LogP contribution < -0.4 is 15.4 Å². The largest absolute Gasteiger partial charge is 0.481 e. The van der Waals surface area contributed by atoms with Crippen molar-refractivity contribution in [2.45, 2.75) is 32.4 Å². The number of Topliss-reactive ketones (excluding diaryl/α,β-unsaturated/α-hetero) is 1. The normalized spacial score (nSPS) is 12.8. The number of rotatable bonds is 11. The fourth-order valence-corrected chi connectivity index (χ4v) is 2.57. The molecule has 0 aliphatic heterocycles. The van der Waals surface area contributed by atoms with Crippen molar-refractivity contribution in [2.75, 3.05) is 11.0 Å². The van der Waals surface area contributed by atoms with E-state index < -0.39 is 83.6 Å². The Morgan fingerprint density at radius 1 is 1.06 bits per heavy atom. The molecule has 0 aliphatic carbocycles. The predicted octanol–water partition coefficient (Wildman–Crippen LogP) is 1.73. The highest BCUT2D eigenvalue weighted by Crippen LogP contribution is 2.26. The summed E-state index contributed by atoms with van der Waals surface area (Å²) in [4.78, 5) is 47.5. The number of ether oxygens (including phenoxy) is 1. The van der Waals surface area contributed by atoms with Crippen LogP contribution in [-0.2, 0) is 19.2 Å². The van der Waals surface area contributed by atoms with Crippen molar-refractivity contribution in [1.29, 1.82) is 0 Å². The van der Waals surface area contributed by atoms with Gasteiger partial charge in [-0.25, -0.2) is 8.78 Å². The first kappa shape index (κ1) is 26.6. The summed E-state index contributed by atoms with van der Waals surface area (Å²) in [7, 11) is 0. The molecule has 2 atom stereocenters. The number of carbonyl (C=O) groups excluding carboxylic acids is 3. The van der Waals surface area contributed by atoms with E-state index in [2.05, 4.69) is 15.4 Å². The van der Waals surface area contributed by atoms with E-state index in [4.69, 9.17) is 5.11 Å². The third-order valence-electron chi connectivity index (χ3n) is 3.90. The Labute approximate surface area is 187 Å². The molecule has 0 saturated carbocycles. The number of ketones is 1. The average molecular weight is 562 g/mol. The molecule has 0 aromatic heterocycles. The molecule has 0 bridgehead atoms. The maximum Gasteiger partial charge on any atom is 0.305 e. The van der Waals surface area contributed by atoms with Gasteiger partial charge in [0.2, 0.25) is 23.4 Å². The Hall–Kier alpha value is -2.45. The SMILES string of the molecule is CC(C)C(NC(=O)CI)C(=O)NC(CC(=O)O)C(=O)COc1c(F)c(F)cc(F)c1F. The Bertz CT molecular complexity index is 842. The van der Waals surface area contributed by atoms with Gasteiger partial charge < -0.3 is 20.5 Å². The van der Waals surface area contributed by atoms with E-state index in [9.17, 15) is 36.7 Å². The van der Waals surface area contributed by atoms with Crippen LogP contribution in [0.4, 0.5) is 17.6 Å². The second-order valence-electron chi connectivity index (χ2n) is 6.63. The Morgan fingerprint density at radius 3 is 2.06 bits per heavy atom. The Morgan fingerprint density at radius 2 is 1.61 bits per heavy atom. The molecule has 13 heteroatoms. The van der Waals surface area contributed by atoms with E-state index in [1.165, 1.54) is 0 Å². The first-order valence-electron chi connectivity index (χ1n) is 8.75. The van der Waals surface area contributed by atoms with Crippen LogP contribution in [0, 0.1) is 29.2 Å². The van der Waals surface area contributed by atoms with Crippen molar-refractivity contribution in [2.24, 2.45) is 5.92 Å². The van der Waals surface area contributed by atoms with E-state index in [1.54, 1.807) is 36.4 Å². The minimum absolute atomic E-state index is 0.0426. The van der Waals surface area contributed by atoms with Gasteiger partial charge in [-0.15, -0.1) is 0 Å². The number of carboxylic acid groups (broad SMARTS) is 1. The molecule has 1 aromatic rings. The number of alkyl halides is 1. The summed E-state index contributed by atoms with van der Waals surface area (Å²) in [6.07, 6.45) is -0.915. The number of carboxylic acids is 1. The van der Waals surface area contributed by atoms with Gasteiger partial charge in [-0.3, -0.25) is 19.2 Å². The zero-order valence-corrected chi connectivity index (χ0v) is 18.5. The van der Waals surface area contributed by atoms with E-state index in [-0.39, 0.29) is 10.5 Å². The van der Waals surface area contributed by atoms with Gasteiger partial charge >= 0.3 is 5.97 Å². The summed E-state index contributed by atoms with van der Waals surface area (Å²) in [5, 5.41) is 13.6. The van der Waals surface area contributed by atoms with Gasteiger partial charge in [0, 0.05) is 6.07 Å². The van der Waals surface area contributed by atoms with Crippen LogP contribution in [0.2, 0.25) is 0 Å². The molecule has 8 nitrogen and oxygen atoms in total. The van der Waals surface area contributed by atoms with Crippen LogP contribution in [0.5, 0.6) is 5.75 Å². The number of hydrogen-bond donors (Lipinski definition) is 3. The molecule has 0 aliphatic rings. The van der Waals surface area contributed by atoms with Gasteiger partial charge in [0.05, 0.1) is 10.8 Å². The minimum atomic E-state index is -1.88. The molecule has 0 radical (unpaired) electrons. The lowest BCUT2D eigenvalue weighted by Crippen LogP contribution is -2.54. The predicted molar refractivity (Wildman–Crippen MR) is 107 cm³/mol. The van der Waals surface area contributed by atoms with E-state index in [1.807, 2.05) is 0 Å². The quantitative estimate of drug-likeness (QED) is 0.164. The minimum Gasteiger partial charge on any atom is -0.481 e. The smallest absolute Gasteiger partial charge is 0.305 e. The standard InChI is InChI=1S/C18H19F4IN2O6/c1-7(2)16(25-12(27)5-23)18(30)24-10(4-13(28)29)11(26)6-31-17-14(21)8(19)3-9(20)15(17)22/h3,7,10,16H,4-6H2,1-2H3,(H,24,30)(H,25,27)(H,28,29). The molecule has 172 valence electrons. The zero-order chi connectivity index (χ0) is 23.9. The molecule has 2 unspecified atom stereocenters. The van der Waals surface area contributed by atoms with Crippen molar-refractivity contribution in [1.82, 2.24) is 10.6 Å². The van der Waals surface area contributed by atoms with Crippen LogP contribution in [0.1, 0.15) is 20.3 Å².